The summed E-state index contributed by atoms with van der Waals surface area (Å²) in [5.74, 6) is -1.20. The molecule has 0 aliphatic carbocycles. The molecule has 1 saturated heterocycles. The lowest BCUT2D eigenvalue weighted by Crippen LogP contribution is -2.56. The van der Waals surface area contributed by atoms with E-state index in [2.05, 4.69) is 0 Å². The van der Waals surface area contributed by atoms with E-state index in [1.807, 2.05) is 0 Å². The second kappa shape index (κ2) is 2.90. The Balaban J connectivity index is 2.64. The zero-order valence-corrected chi connectivity index (χ0v) is 7.39. The summed E-state index contributed by atoms with van der Waals surface area (Å²) in [6, 6.07) is 0. The van der Waals surface area contributed by atoms with Crippen molar-refractivity contribution in [3.8, 4) is 0 Å². The molecule has 1 fully saturated rings. The van der Waals surface area contributed by atoms with Crippen LogP contribution in [0.1, 0.15) is 19.8 Å². The molecule has 0 amide bonds. The van der Waals surface area contributed by atoms with Crippen LogP contribution in [-0.4, -0.2) is 23.0 Å². The molecule has 0 unspecified atom stereocenters. The maximum Gasteiger partial charge on any atom is 0.263 e. The normalized spacial score (nSPS) is 25.1. The van der Waals surface area contributed by atoms with Gasteiger partial charge in [-0.15, -0.1) is 0 Å². The van der Waals surface area contributed by atoms with Gasteiger partial charge in [-0.25, -0.2) is 8.78 Å². The Kier molecular flexibility index (Phi) is 2.44. The summed E-state index contributed by atoms with van der Waals surface area (Å²) in [6.45, 7) is 0.920. The Bertz CT molecular complexity index is 138. The Hall–Kier alpha value is 0.170. The van der Waals surface area contributed by atoms with Gasteiger partial charge in [0, 0.05) is 6.92 Å². The summed E-state index contributed by atoms with van der Waals surface area (Å²) in [4.78, 5) is 0. The van der Waals surface area contributed by atoms with E-state index in [-0.39, 0.29) is 0 Å². The van der Waals surface area contributed by atoms with Gasteiger partial charge in [0.05, 0.1) is 5.54 Å². The minimum absolute atomic E-state index is 0.432. The van der Waals surface area contributed by atoms with Crippen LogP contribution in [0.4, 0.5) is 8.78 Å². The first-order chi connectivity index (χ1) is 4.96. The lowest BCUT2D eigenvalue weighted by atomic mass is 9.87. The van der Waals surface area contributed by atoms with Gasteiger partial charge >= 0.3 is 0 Å². The first kappa shape index (κ1) is 9.26. The largest absolute Gasteiger partial charge is 0.320 e. The van der Waals surface area contributed by atoms with Gasteiger partial charge in [0.1, 0.15) is 0 Å². The van der Waals surface area contributed by atoms with Gasteiger partial charge in [-0.3, -0.25) is 0 Å². The van der Waals surface area contributed by atoms with Gasteiger partial charge in [-0.1, -0.05) is 0 Å². The molecular formula is C7H13F2NS. The fraction of sp³-hybridized carbons (Fsp3) is 1.00. The van der Waals surface area contributed by atoms with Crippen molar-refractivity contribution in [2.24, 2.45) is 5.73 Å². The molecule has 66 valence electrons. The van der Waals surface area contributed by atoms with E-state index in [1.165, 1.54) is 0 Å². The third-order valence-corrected chi connectivity index (χ3v) is 3.24. The molecule has 0 aromatic rings. The fourth-order valence-corrected chi connectivity index (χ4v) is 2.40. The van der Waals surface area contributed by atoms with Crippen molar-refractivity contribution in [1.29, 1.82) is 0 Å². The van der Waals surface area contributed by atoms with Crippen LogP contribution in [0.2, 0.25) is 0 Å². The van der Waals surface area contributed by atoms with Gasteiger partial charge in [-0.2, -0.15) is 11.8 Å². The number of rotatable bonds is 1. The average molecular weight is 181 g/mol. The lowest BCUT2D eigenvalue weighted by molar-refractivity contribution is -0.0605. The number of nitrogens with two attached hydrogens (primary N) is 1. The topological polar surface area (TPSA) is 26.0 Å². The van der Waals surface area contributed by atoms with Gasteiger partial charge in [-0.05, 0) is 24.3 Å². The van der Waals surface area contributed by atoms with Crippen LogP contribution in [0, 0.1) is 0 Å². The summed E-state index contributed by atoms with van der Waals surface area (Å²) >= 11 is 1.70. The third kappa shape index (κ3) is 1.85. The van der Waals surface area contributed by atoms with E-state index in [0.29, 0.717) is 12.8 Å². The first-order valence-electron chi connectivity index (χ1n) is 3.70. The SMILES string of the molecule is CC(F)(F)C1(N)CCSCC1. The molecule has 1 aliphatic rings. The van der Waals surface area contributed by atoms with Crippen LogP contribution in [0.15, 0.2) is 0 Å². The monoisotopic (exact) mass is 181 g/mol. The smallest absolute Gasteiger partial charge is 0.263 e. The zero-order valence-electron chi connectivity index (χ0n) is 6.57. The molecule has 2 N–H and O–H groups in total. The van der Waals surface area contributed by atoms with Crippen LogP contribution in [0.3, 0.4) is 0 Å². The minimum atomic E-state index is -2.73. The number of halogens is 2. The predicted octanol–water partition coefficient (Wildman–Crippen LogP) is 1.87. The maximum atomic E-state index is 12.9. The average Bonchev–Trinajstić information content (AvgIpc) is 1.87. The summed E-state index contributed by atoms with van der Waals surface area (Å²) < 4.78 is 25.7. The van der Waals surface area contributed by atoms with E-state index in [0.717, 1.165) is 18.4 Å². The van der Waals surface area contributed by atoms with Crippen LogP contribution in [0.25, 0.3) is 0 Å². The van der Waals surface area contributed by atoms with Crippen LogP contribution < -0.4 is 5.73 Å². The summed E-state index contributed by atoms with van der Waals surface area (Å²) in [7, 11) is 0. The van der Waals surface area contributed by atoms with E-state index in [4.69, 9.17) is 5.73 Å². The van der Waals surface area contributed by atoms with Crippen molar-refractivity contribution in [3.05, 3.63) is 0 Å². The Morgan fingerprint density at radius 2 is 1.82 bits per heavy atom. The standard InChI is InChI=1S/C7H13F2NS/c1-6(8,9)7(10)2-4-11-5-3-7/h2-5,10H2,1H3. The zero-order chi connectivity index (χ0) is 8.54. The third-order valence-electron chi connectivity index (χ3n) is 2.26. The molecular weight excluding hydrogens is 168 g/mol. The first-order valence-corrected chi connectivity index (χ1v) is 4.86. The van der Waals surface area contributed by atoms with Crippen molar-refractivity contribution in [3.63, 3.8) is 0 Å². The van der Waals surface area contributed by atoms with Crippen LogP contribution in [-0.2, 0) is 0 Å². The highest BCUT2D eigenvalue weighted by Gasteiger charge is 2.47. The molecule has 11 heavy (non-hydrogen) atoms. The second-order valence-electron chi connectivity index (χ2n) is 3.16. The minimum Gasteiger partial charge on any atom is -0.320 e. The maximum absolute atomic E-state index is 12.9. The summed E-state index contributed by atoms with van der Waals surface area (Å²) in [5.41, 5.74) is 4.33. The number of thioether (sulfide) groups is 1. The highest BCUT2D eigenvalue weighted by molar-refractivity contribution is 7.99. The molecule has 0 radical (unpaired) electrons. The van der Waals surface area contributed by atoms with E-state index in [9.17, 15) is 8.78 Å². The molecule has 1 nitrogen and oxygen atoms in total. The van der Waals surface area contributed by atoms with Crippen molar-refractivity contribution in [2.45, 2.75) is 31.2 Å². The number of alkyl halides is 2. The molecule has 0 atom stereocenters. The Morgan fingerprint density at radius 3 is 2.09 bits per heavy atom. The Morgan fingerprint density at radius 1 is 1.36 bits per heavy atom. The summed E-state index contributed by atoms with van der Waals surface area (Å²) in [6.07, 6.45) is 0.863. The van der Waals surface area contributed by atoms with Crippen molar-refractivity contribution < 1.29 is 8.78 Å². The molecule has 1 aliphatic heterocycles. The van der Waals surface area contributed by atoms with E-state index < -0.39 is 11.5 Å². The highest BCUT2D eigenvalue weighted by Crippen LogP contribution is 2.36. The van der Waals surface area contributed by atoms with Gasteiger partial charge in [0.15, 0.2) is 0 Å². The van der Waals surface area contributed by atoms with Crippen molar-refractivity contribution >= 4 is 11.8 Å². The molecule has 4 heteroatoms. The fourth-order valence-electron chi connectivity index (χ4n) is 1.17. The summed E-state index contributed by atoms with van der Waals surface area (Å²) in [5, 5.41) is 0. The molecule has 1 heterocycles. The molecule has 0 aromatic carbocycles. The van der Waals surface area contributed by atoms with Crippen molar-refractivity contribution in [1.82, 2.24) is 0 Å². The van der Waals surface area contributed by atoms with Crippen LogP contribution in [0.5, 0.6) is 0 Å². The molecule has 0 spiro atoms. The van der Waals surface area contributed by atoms with Gasteiger partial charge in [0.2, 0.25) is 0 Å². The molecule has 0 saturated carbocycles. The van der Waals surface area contributed by atoms with Gasteiger partial charge < -0.3 is 5.73 Å². The van der Waals surface area contributed by atoms with Crippen molar-refractivity contribution in [2.75, 3.05) is 11.5 Å². The van der Waals surface area contributed by atoms with E-state index >= 15 is 0 Å². The van der Waals surface area contributed by atoms with Gasteiger partial charge in [0.25, 0.3) is 5.92 Å². The predicted molar refractivity (Wildman–Crippen MR) is 44.1 cm³/mol. The molecule has 1 rings (SSSR count). The number of hydrogen-bond donors (Lipinski definition) is 1. The lowest BCUT2D eigenvalue weighted by Gasteiger charge is -2.37. The molecule has 0 bridgehead atoms. The number of hydrogen-bond acceptors (Lipinski definition) is 2. The molecule has 0 aromatic heterocycles. The second-order valence-corrected chi connectivity index (χ2v) is 4.38. The highest BCUT2D eigenvalue weighted by atomic mass is 32.2. The van der Waals surface area contributed by atoms with Crippen LogP contribution >= 0.6 is 11.8 Å². The Labute approximate surface area is 69.7 Å². The quantitative estimate of drug-likeness (QED) is 0.668. The van der Waals surface area contributed by atoms with E-state index in [1.54, 1.807) is 11.8 Å².